The molecule has 0 bridgehead atoms. The van der Waals surface area contributed by atoms with Gasteiger partial charge in [0, 0.05) is 35.9 Å². The summed E-state index contributed by atoms with van der Waals surface area (Å²) in [6.45, 7) is 4.11. The molecule has 3 rings (SSSR count). The summed E-state index contributed by atoms with van der Waals surface area (Å²) in [5.41, 5.74) is 2.22. The van der Waals surface area contributed by atoms with Crippen LogP contribution in [0, 0.1) is 0 Å². The quantitative estimate of drug-likeness (QED) is 0.889. The van der Waals surface area contributed by atoms with Gasteiger partial charge >= 0.3 is 0 Å². The topological polar surface area (TPSA) is 37.4 Å². The second kappa shape index (κ2) is 7.90. The van der Waals surface area contributed by atoms with Crippen molar-refractivity contribution in [2.45, 2.75) is 12.5 Å². The highest BCUT2D eigenvalue weighted by Crippen LogP contribution is 2.35. The van der Waals surface area contributed by atoms with Crippen LogP contribution in [0.15, 0.2) is 47.1 Å². The Morgan fingerprint density at radius 1 is 1.22 bits per heavy atom. The Kier molecular flexibility index (Phi) is 5.65. The minimum Gasteiger partial charge on any atom is -0.496 e. The first-order chi connectivity index (χ1) is 11.3. The van der Waals surface area contributed by atoms with Crippen molar-refractivity contribution in [2.24, 2.45) is 0 Å². The van der Waals surface area contributed by atoms with E-state index in [0.29, 0.717) is 0 Å². The van der Waals surface area contributed by atoms with E-state index in [9.17, 15) is 0 Å². The normalized spacial score (nSPS) is 17.5. The van der Waals surface area contributed by atoms with Crippen LogP contribution < -0.4 is 10.1 Å². The Labute approximate surface area is 146 Å². The molecule has 23 heavy (non-hydrogen) atoms. The summed E-state index contributed by atoms with van der Waals surface area (Å²) in [4.78, 5) is 7.13. The fourth-order valence-electron chi connectivity index (χ4n) is 3.12. The standard InChI is InChI=1S/C18H22BrN3O/c1-23-17-7-6-14(19)13-15(17)18(16-5-2-3-9-21-16)22-11-4-8-20-10-12-22/h2-3,5-7,9,13,18,20H,4,8,10-12H2,1H3. The number of hydrogen-bond donors (Lipinski definition) is 1. The molecule has 1 aromatic carbocycles. The molecular formula is C18H22BrN3O. The number of methoxy groups -OCH3 is 1. The maximum atomic E-state index is 5.63. The van der Waals surface area contributed by atoms with E-state index in [1.54, 1.807) is 7.11 Å². The molecular weight excluding hydrogens is 354 g/mol. The summed E-state index contributed by atoms with van der Waals surface area (Å²) in [5.74, 6) is 0.904. The molecule has 5 heteroatoms. The van der Waals surface area contributed by atoms with Gasteiger partial charge in [-0.2, -0.15) is 0 Å². The van der Waals surface area contributed by atoms with Gasteiger partial charge in [-0.25, -0.2) is 0 Å². The highest BCUT2D eigenvalue weighted by molar-refractivity contribution is 9.10. The van der Waals surface area contributed by atoms with Gasteiger partial charge in [0.05, 0.1) is 18.8 Å². The lowest BCUT2D eigenvalue weighted by Crippen LogP contribution is -2.33. The lowest BCUT2D eigenvalue weighted by Gasteiger charge is -2.31. The third-order valence-electron chi connectivity index (χ3n) is 4.19. The minimum atomic E-state index is 0.101. The van der Waals surface area contributed by atoms with Crippen LogP contribution in [0.1, 0.15) is 23.7 Å². The van der Waals surface area contributed by atoms with E-state index in [0.717, 1.165) is 54.1 Å². The second-order valence-corrected chi connectivity index (χ2v) is 6.60. The van der Waals surface area contributed by atoms with E-state index in [-0.39, 0.29) is 6.04 Å². The van der Waals surface area contributed by atoms with Crippen LogP contribution in [0.4, 0.5) is 0 Å². The van der Waals surface area contributed by atoms with Crippen LogP contribution in [0.2, 0.25) is 0 Å². The first-order valence-electron chi connectivity index (χ1n) is 7.98. The van der Waals surface area contributed by atoms with Crippen LogP contribution >= 0.6 is 15.9 Å². The summed E-state index contributed by atoms with van der Waals surface area (Å²) in [7, 11) is 1.73. The van der Waals surface area contributed by atoms with E-state index < -0.39 is 0 Å². The van der Waals surface area contributed by atoms with Crippen molar-refractivity contribution >= 4 is 15.9 Å². The predicted octanol–water partition coefficient (Wildman–Crippen LogP) is 3.24. The molecule has 0 radical (unpaired) electrons. The number of rotatable bonds is 4. The van der Waals surface area contributed by atoms with Gasteiger partial charge in [-0.3, -0.25) is 9.88 Å². The predicted molar refractivity (Wildman–Crippen MR) is 95.8 cm³/mol. The fraction of sp³-hybridized carbons (Fsp3) is 0.389. The summed E-state index contributed by atoms with van der Waals surface area (Å²) >= 11 is 3.60. The average molecular weight is 376 g/mol. The number of ether oxygens (including phenoxy) is 1. The molecule has 1 aliphatic rings. The van der Waals surface area contributed by atoms with Gasteiger partial charge in [0.25, 0.3) is 0 Å². The number of nitrogens with zero attached hydrogens (tertiary/aromatic N) is 2. The molecule has 1 unspecified atom stereocenters. The van der Waals surface area contributed by atoms with Crippen LogP contribution in [0.5, 0.6) is 5.75 Å². The zero-order valence-corrected chi connectivity index (χ0v) is 14.9. The van der Waals surface area contributed by atoms with Gasteiger partial charge < -0.3 is 10.1 Å². The minimum absolute atomic E-state index is 0.101. The Morgan fingerprint density at radius 2 is 2.13 bits per heavy atom. The van der Waals surface area contributed by atoms with Gasteiger partial charge in [-0.15, -0.1) is 0 Å². The monoisotopic (exact) mass is 375 g/mol. The van der Waals surface area contributed by atoms with Gasteiger partial charge in [0.2, 0.25) is 0 Å². The first-order valence-corrected chi connectivity index (χ1v) is 8.78. The molecule has 1 atom stereocenters. The van der Waals surface area contributed by atoms with Crippen molar-refractivity contribution in [2.75, 3.05) is 33.3 Å². The summed E-state index contributed by atoms with van der Waals surface area (Å²) < 4.78 is 6.69. The molecule has 0 aliphatic carbocycles. The highest BCUT2D eigenvalue weighted by Gasteiger charge is 2.27. The number of pyridine rings is 1. The van der Waals surface area contributed by atoms with Gasteiger partial charge in [-0.05, 0) is 43.3 Å². The summed E-state index contributed by atoms with van der Waals surface area (Å²) in [6, 6.07) is 12.4. The molecule has 1 aliphatic heterocycles. The van der Waals surface area contributed by atoms with Gasteiger partial charge in [0.1, 0.15) is 5.75 Å². The largest absolute Gasteiger partial charge is 0.496 e. The Morgan fingerprint density at radius 3 is 2.91 bits per heavy atom. The highest BCUT2D eigenvalue weighted by atomic mass is 79.9. The van der Waals surface area contributed by atoms with E-state index in [1.807, 2.05) is 24.4 Å². The van der Waals surface area contributed by atoms with Crippen LogP contribution in [-0.2, 0) is 0 Å². The third kappa shape index (κ3) is 3.91. The third-order valence-corrected chi connectivity index (χ3v) is 4.69. The maximum absolute atomic E-state index is 5.63. The number of nitrogens with one attached hydrogen (secondary N) is 1. The number of hydrogen-bond acceptors (Lipinski definition) is 4. The smallest absolute Gasteiger partial charge is 0.124 e. The number of aromatic nitrogens is 1. The fourth-order valence-corrected chi connectivity index (χ4v) is 3.50. The molecule has 1 N–H and O–H groups in total. The van der Waals surface area contributed by atoms with Crippen molar-refractivity contribution in [3.63, 3.8) is 0 Å². The molecule has 4 nitrogen and oxygen atoms in total. The Hall–Kier alpha value is -1.43. The zero-order valence-electron chi connectivity index (χ0n) is 13.3. The zero-order chi connectivity index (χ0) is 16.1. The van der Waals surface area contributed by atoms with E-state index in [2.05, 4.69) is 49.3 Å². The summed E-state index contributed by atoms with van der Waals surface area (Å²) in [6.07, 6.45) is 3.00. The van der Waals surface area contributed by atoms with Crippen molar-refractivity contribution in [3.8, 4) is 5.75 Å². The molecule has 0 spiro atoms. The Bertz CT molecular complexity index is 627. The van der Waals surface area contributed by atoms with Crippen LogP contribution in [0.25, 0.3) is 0 Å². The number of benzene rings is 1. The summed E-state index contributed by atoms with van der Waals surface area (Å²) in [5, 5.41) is 3.47. The maximum Gasteiger partial charge on any atom is 0.124 e. The lowest BCUT2D eigenvalue weighted by atomic mass is 9.99. The second-order valence-electron chi connectivity index (χ2n) is 5.68. The van der Waals surface area contributed by atoms with E-state index in [4.69, 9.17) is 4.74 Å². The SMILES string of the molecule is COc1ccc(Br)cc1C(c1ccccn1)N1CCCNCC1. The van der Waals surface area contributed by atoms with Crippen LogP contribution in [-0.4, -0.2) is 43.2 Å². The molecule has 0 saturated carbocycles. The van der Waals surface area contributed by atoms with Crippen molar-refractivity contribution in [1.29, 1.82) is 0 Å². The molecule has 0 amide bonds. The molecule has 1 fully saturated rings. The molecule has 1 saturated heterocycles. The lowest BCUT2D eigenvalue weighted by molar-refractivity contribution is 0.232. The molecule has 2 aromatic rings. The van der Waals surface area contributed by atoms with Crippen molar-refractivity contribution in [3.05, 3.63) is 58.3 Å². The molecule has 2 heterocycles. The van der Waals surface area contributed by atoms with E-state index in [1.165, 1.54) is 0 Å². The first kappa shape index (κ1) is 16.4. The molecule has 122 valence electrons. The average Bonchev–Trinajstić information content (AvgIpc) is 2.86. The van der Waals surface area contributed by atoms with Gasteiger partial charge in [-0.1, -0.05) is 22.0 Å². The number of halogens is 1. The van der Waals surface area contributed by atoms with Crippen molar-refractivity contribution < 1.29 is 4.74 Å². The van der Waals surface area contributed by atoms with Gasteiger partial charge in [0.15, 0.2) is 0 Å². The van der Waals surface area contributed by atoms with Crippen molar-refractivity contribution in [1.82, 2.24) is 15.2 Å². The molecule has 1 aromatic heterocycles. The van der Waals surface area contributed by atoms with E-state index >= 15 is 0 Å². The Balaban J connectivity index is 2.06. The van der Waals surface area contributed by atoms with Crippen LogP contribution in [0.3, 0.4) is 0 Å².